The van der Waals surface area contributed by atoms with E-state index in [1.807, 2.05) is 6.07 Å². The van der Waals surface area contributed by atoms with Gasteiger partial charge in [-0.3, -0.25) is 19.5 Å². The molecule has 0 spiro atoms. The van der Waals surface area contributed by atoms with Crippen LogP contribution in [0.1, 0.15) is 42.0 Å². The Hall–Kier alpha value is -2.68. The molecule has 0 radical (unpaired) electrons. The van der Waals surface area contributed by atoms with Gasteiger partial charge in [-0.2, -0.15) is 0 Å². The van der Waals surface area contributed by atoms with Crippen LogP contribution in [0.3, 0.4) is 0 Å². The third-order valence-electron chi connectivity index (χ3n) is 5.52. The molecule has 9 heteroatoms. The number of ketones is 1. The normalized spacial score (nSPS) is 20.4. The first kappa shape index (κ1) is 18.7. The lowest BCUT2D eigenvalue weighted by Gasteiger charge is -2.32. The third-order valence-corrected chi connectivity index (χ3v) is 5.52. The first-order valence-electron chi connectivity index (χ1n) is 9.91. The van der Waals surface area contributed by atoms with Gasteiger partial charge in [0.2, 0.25) is 5.91 Å². The van der Waals surface area contributed by atoms with Gasteiger partial charge in [-0.15, -0.1) is 5.10 Å². The van der Waals surface area contributed by atoms with Crippen LogP contribution in [0.25, 0.3) is 0 Å². The highest BCUT2D eigenvalue weighted by atomic mass is 16.2. The van der Waals surface area contributed by atoms with E-state index in [0.717, 1.165) is 25.9 Å². The summed E-state index contributed by atoms with van der Waals surface area (Å²) in [7, 11) is 0. The number of piperidine rings is 1. The fourth-order valence-corrected chi connectivity index (χ4v) is 3.96. The molecular formula is C19H25N7O2. The molecule has 1 amide bonds. The summed E-state index contributed by atoms with van der Waals surface area (Å²) in [6.07, 6.45) is 5.61. The molecule has 1 atom stereocenters. The number of nitrogens with zero attached hydrogens (tertiary/aromatic N) is 7. The van der Waals surface area contributed by atoms with E-state index in [1.165, 1.54) is 12.8 Å². The fraction of sp³-hybridized carbons (Fsp3) is 0.579. The van der Waals surface area contributed by atoms with Gasteiger partial charge in [0.25, 0.3) is 0 Å². The number of pyridine rings is 1. The maximum Gasteiger partial charge on any atom is 0.244 e. The van der Waals surface area contributed by atoms with Crippen molar-refractivity contribution in [3.8, 4) is 0 Å². The lowest BCUT2D eigenvalue weighted by Crippen LogP contribution is -2.44. The van der Waals surface area contributed by atoms with E-state index < -0.39 is 0 Å². The van der Waals surface area contributed by atoms with Gasteiger partial charge < -0.3 is 4.90 Å². The molecule has 0 N–H and O–H groups in total. The van der Waals surface area contributed by atoms with Crippen LogP contribution >= 0.6 is 0 Å². The van der Waals surface area contributed by atoms with Crippen LogP contribution in [0.4, 0.5) is 0 Å². The van der Waals surface area contributed by atoms with E-state index in [2.05, 4.69) is 25.4 Å². The Bertz CT molecular complexity index is 817. The first-order valence-corrected chi connectivity index (χ1v) is 9.91. The number of likely N-dealkylation sites (tertiary alicyclic amines) is 2. The summed E-state index contributed by atoms with van der Waals surface area (Å²) in [4.78, 5) is 33.7. The highest BCUT2D eigenvalue weighted by Crippen LogP contribution is 2.20. The molecule has 0 aromatic carbocycles. The van der Waals surface area contributed by atoms with Crippen LogP contribution < -0.4 is 0 Å². The van der Waals surface area contributed by atoms with E-state index in [0.29, 0.717) is 31.2 Å². The molecule has 4 rings (SSSR count). The van der Waals surface area contributed by atoms with Crippen molar-refractivity contribution < 1.29 is 9.59 Å². The van der Waals surface area contributed by atoms with Crippen molar-refractivity contribution in [2.75, 3.05) is 26.2 Å². The zero-order chi connectivity index (χ0) is 19.3. The molecule has 0 saturated carbocycles. The van der Waals surface area contributed by atoms with Crippen LogP contribution in [0.2, 0.25) is 0 Å². The Labute approximate surface area is 163 Å². The number of tetrazole rings is 1. The van der Waals surface area contributed by atoms with Gasteiger partial charge in [0.05, 0.1) is 6.54 Å². The monoisotopic (exact) mass is 383 g/mol. The molecule has 148 valence electrons. The molecule has 2 fully saturated rings. The predicted molar refractivity (Wildman–Crippen MR) is 100 cm³/mol. The predicted octanol–water partition coefficient (Wildman–Crippen LogP) is 0.785. The number of amides is 1. The summed E-state index contributed by atoms with van der Waals surface area (Å²) < 4.78 is 1.59. The van der Waals surface area contributed by atoms with E-state index in [-0.39, 0.29) is 24.2 Å². The average molecular weight is 383 g/mol. The number of hydrogen-bond acceptors (Lipinski definition) is 7. The van der Waals surface area contributed by atoms with Gasteiger partial charge in [0.1, 0.15) is 12.2 Å². The number of carbonyl (C=O) groups is 2. The topological polar surface area (TPSA) is 97.1 Å². The van der Waals surface area contributed by atoms with Crippen LogP contribution in [-0.2, 0) is 17.9 Å². The minimum absolute atomic E-state index is 0.00949. The molecule has 28 heavy (non-hydrogen) atoms. The van der Waals surface area contributed by atoms with Crippen LogP contribution in [-0.4, -0.2) is 72.9 Å². The summed E-state index contributed by atoms with van der Waals surface area (Å²) in [5.74, 6) is 0.475. The zero-order valence-corrected chi connectivity index (χ0v) is 15.9. The lowest BCUT2D eigenvalue weighted by atomic mass is 9.92. The Morgan fingerprint density at radius 3 is 2.75 bits per heavy atom. The smallest absolute Gasteiger partial charge is 0.244 e. The SMILES string of the molecule is O=C(c1ccccn1)[C@H]1CCCN(C(=O)Cn2nnnc2CN2CCCC2)C1. The summed E-state index contributed by atoms with van der Waals surface area (Å²) in [6, 6.07) is 5.33. The first-order chi connectivity index (χ1) is 13.7. The van der Waals surface area contributed by atoms with Crippen molar-refractivity contribution >= 4 is 11.7 Å². The number of carbonyl (C=O) groups excluding carboxylic acids is 2. The Morgan fingerprint density at radius 1 is 1.11 bits per heavy atom. The molecule has 2 aromatic rings. The molecule has 0 aliphatic carbocycles. The van der Waals surface area contributed by atoms with Gasteiger partial charge in [-0.05, 0) is 61.3 Å². The van der Waals surface area contributed by atoms with E-state index in [9.17, 15) is 9.59 Å². The number of aromatic nitrogens is 5. The molecule has 0 unspecified atom stereocenters. The van der Waals surface area contributed by atoms with Crippen molar-refractivity contribution in [1.29, 1.82) is 0 Å². The molecule has 2 aliphatic rings. The van der Waals surface area contributed by atoms with Gasteiger partial charge in [-0.1, -0.05) is 6.07 Å². The summed E-state index contributed by atoms with van der Waals surface area (Å²) in [5, 5.41) is 11.8. The molecule has 0 bridgehead atoms. The molecule has 4 heterocycles. The second-order valence-corrected chi connectivity index (χ2v) is 7.49. The number of Topliss-reactive ketones (excluding diaryl/α,β-unsaturated/α-hetero) is 1. The largest absolute Gasteiger partial charge is 0.340 e. The van der Waals surface area contributed by atoms with Crippen molar-refractivity contribution in [2.24, 2.45) is 5.92 Å². The van der Waals surface area contributed by atoms with E-state index in [4.69, 9.17) is 0 Å². The maximum absolute atomic E-state index is 12.8. The number of rotatable bonds is 6. The standard InChI is InChI=1S/C19H25N7O2/c27-18(14-26-17(21-22-23-26)13-24-9-3-4-10-24)25-11-5-6-15(12-25)19(28)16-7-1-2-8-20-16/h1-2,7-8,15H,3-6,9-14H2/t15-/m0/s1. The summed E-state index contributed by atoms with van der Waals surface area (Å²) >= 11 is 0. The van der Waals surface area contributed by atoms with Gasteiger partial charge >= 0.3 is 0 Å². The van der Waals surface area contributed by atoms with Gasteiger partial charge in [0.15, 0.2) is 11.6 Å². The van der Waals surface area contributed by atoms with Crippen LogP contribution in [0.5, 0.6) is 0 Å². The summed E-state index contributed by atoms with van der Waals surface area (Å²) in [6.45, 7) is 3.96. The quantitative estimate of drug-likeness (QED) is 0.680. The Kier molecular flexibility index (Phi) is 5.70. The van der Waals surface area contributed by atoms with Gasteiger partial charge in [0, 0.05) is 25.2 Å². The second-order valence-electron chi connectivity index (χ2n) is 7.49. The van der Waals surface area contributed by atoms with E-state index in [1.54, 1.807) is 27.9 Å². The van der Waals surface area contributed by atoms with Crippen LogP contribution in [0.15, 0.2) is 24.4 Å². The summed E-state index contributed by atoms with van der Waals surface area (Å²) in [5.41, 5.74) is 0.468. The molecule has 2 aromatic heterocycles. The minimum atomic E-state index is -0.203. The Balaban J connectivity index is 1.37. The molecular weight excluding hydrogens is 358 g/mol. The molecule has 2 saturated heterocycles. The van der Waals surface area contributed by atoms with Crippen molar-refractivity contribution in [3.05, 3.63) is 35.9 Å². The van der Waals surface area contributed by atoms with Crippen LogP contribution in [0, 0.1) is 5.92 Å². The van der Waals surface area contributed by atoms with Crippen molar-refractivity contribution in [2.45, 2.75) is 38.8 Å². The fourth-order valence-electron chi connectivity index (χ4n) is 3.96. The lowest BCUT2D eigenvalue weighted by molar-refractivity contribution is -0.133. The highest BCUT2D eigenvalue weighted by Gasteiger charge is 2.30. The van der Waals surface area contributed by atoms with E-state index >= 15 is 0 Å². The highest BCUT2D eigenvalue weighted by molar-refractivity contribution is 5.96. The van der Waals surface area contributed by atoms with Crippen molar-refractivity contribution in [1.82, 2.24) is 35.0 Å². The number of hydrogen-bond donors (Lipinski definition) is 0. The third kappa shape index (κ3) is 4.24. The van der Waals surface area contributed by atoms with Gasteiger partial charge in [-0.25, -0.2) is 4.68 Å². The molecule has 2 aliphatic heterocycles. The molecule has 9 nitrogen and oxygen atoms in total. The maximum atomic E-state index is 12.8. The zero-order valence-electron chi connectivity index (χ0n) is 15.9. The Morgan fingerprint density at radius 2 is 1.96 bits per heavy atom. The second kappa shape index (κ2) is 8.55. The van der Waals surface area contributed by atoms with Crippen molar-refractivity contribution in [3.63, 3.8) is 0 Å². The minimum Gasteiger partial charge on any atom is -0.340 e. The average Bonchev–Trinajstić information content (AvgIpc) is 3.41.